The lowest BCUT2D eigenvalue weighted by Crippen LogP contribution is -2.33. The van der Waals surface area contributed by atoms with Crippen LogP contribution < -0.4 is 5.32 Å². The van der Waals surface area contributed by atoms with Crippen LogP contribution in [0.2, 0.25) is 0 Å². The van der Waals surface area contributed by atoms with Gasteiger partial charge in [-0.05, 0) is 26.9 Å². The van der Waals surface area contributed by atoms with E-state index in [2.05, 4.69) is 5.32 Å². The highest BCUT2D eigenvalue weighted by atomic mass is 16.5. The fourth-order valence-corrected chi connectivity index (χ4v) is 1.13. The minimum Gasteiger partial charge on any atom is -0.466 e. The van der Waals surface area contributed by atoms with Crippen LogP contribution in [-0.2, 0) is 14.3 Å². The van der Waals surface area contributed by atoms with Crippen molar-refractivity contribution in [1.82, 2.24) is 10.2 Å². The Labute approximate surface area is 90.8 Å². The molecule has 0 aromatic carbocycles. The van der Waals surface area contributed by atoms with Gasteiger partial charge in [-0.3, -0.25) is 14.5 Å². The number of nitrogens with zero attached hydrogens (tertiary/aromatic N) is 1. The Hall–Kier alpha value is -1.10. The quantitative estimate of drug-likeness (QED) is 0.609. The first-order chi connectivity index (χ1) is 7.10. The average Bonchev–Trinajstić information content (AvgIpc) is 2.18. The van der Waals surface area contributed by atoms with Crippen molar-refractivity contribution in [3.05, 3.63) is 0 Å². The maximum absolute atomic E-state index is 11.0. The highest BCUT2D eigenvalue weighted by molar-refractivity contribution is 5.77. The van der Waals surface area contributed by atoms with Gasteiger partial charge in [-0.15, -0.1) is 0 Å². The van der Waals surface area contributed by atoms with Gasteiger partial charge in [0.15, 0.2) is 0 Å². The van der Waals surface area contributed by atoms with Crippen LogP contribution >= 0.6 is 0 Å². The van der Waals surface area contributed by atoms with Crippen LogP contribution in [0.15, 0.2) is 0 Å². The third-order valence-corrected chi connectivity index (χ3v) is 1.92. The standard InChI is InChI=1S/C10H20N2O3/c1-4-15-10(14)6-5-7-12(3)8-9(13)11-2/h4-8H2,1-3H3,(H,11,13). The number of rotatable bonds is 7. The Balaban J connectivity index is 3.50. The van der Waals surface area contributed by atoms with Crippen molar-refractivity contribution in [2.75, 3.05) is 33.8 Å². The van der Waals surface area contributed by atoms with Gasteiger partial charge < -0.3 is 10.1 Å². The van der Waals surface area contributed by atoms with E-state index in [1.165, 1.54) is 0 Å². The summed E-state index contributed by atoms with van der Waals surface area (Å²) in [5.41, 5.74) is 0. The van der Waals surface area contributed by atoms with Gasteiger partial charge in [-0.25, -0.2) is 0 Å². The Kier molecular flexibility index (Phi) is 7.62. The van der Waals surface area contributed by atoms with Crippen LogP contribution in [0.25, 0.3) is 0 Å². The smallest absolute Gasteiger partial charge is 0.305 e. The molecule has 0 radical (unpaired) electrons. The summed E-state index contributed by atoms with van der Waals surface area (Å²) in [5.74, 6) is -0.195. The number of amides is 1. The summed E-state index contributed by atoms with van der Waals surface area (Å²) in [7, 11) is 3.45. The zero-order valence-corrected chi connectivity index (χ0v) is 9.71. The summed E-state index contributed by atoms with van der Waals surface area (Å²) in [6, 6.07) is 0. The maximum atomic E-state index is 11.0. The molecule has 0 unspecified atom stereocenters. The first kappa shape index (κ1) is 13.9. The molecule has 88 valence electrons. The predicted molar refractivity (Wildman–Crippen MR) is 57.4 cm³/mol. The van der Waals surface area contributed by atoms with Crippen molar-refractivity contribution in [1.29, 1.82) is 0 Å². The van der Waals surface area contributed by atoms with Gasteiger partial charge in [0.05, 0.1) is 13.2 Å². The molecule has 15 heavy (non-hydrogen) atoms. The Bertz CT molecular complexity index is 207. The first-order valence-electron chi connectivity index (χ1n) is 5.14. The first-order valence-corrected chi connectivity index (χ1v) is 5.14. The number of hydrogen-bond donors (Lipinski definition) is 1. The lowest BCUT2D eigenvalue weighted by Gasteiger charge is -2.14. The molecule has 5 heteroatoms. The molecule has 0 saturated carbocycles. The molecule has 0 fully saturated rings. The van der Waals surface area contributed by atoms with Crippen LogP contribution in [0.5, 0.6) is 0 Å². The second-order valence-electron chi connectivity index (χ2n) is 3.32. The highest BCUT2D eigenvalue weighted by Gasteiger charge is 2.06. The van der Waals surface area contributed by atoms with Crippen molar-refractivity contribution in [3.63, 3.8) is 0 Å². The second kappa shape index (κ2) is 8.23. The van der Waals surface area contributed by atoms with Crippen molar-refractivity contribution in [2.24, 2.45) is 0 Å². The molecule has 0 atom stereocenters. The summed E-state index contributed by atoms with van der Waals surface area (Å²) >= 11 is 0. The van der Waals surface area contributed by atoms with Gasteiger partial charge in [-0.1, -0.05) is 0 Å². The molecule has 0 saturated heterocycles. The number of likely N-dealkylation sites (N-methyl/N-ethyl adjacent to an activating group) is 2. The third-order valence-electron chi connectivity index (χ3n) is 1.92. The number of esters is 1. The van der Waals surface area contributed by atoms with E-state index in [-0.39, 0.29) is 11.9 Å². The Morgan fingerprint density at radius 3 is 2.60 bits per heavy atom. The van der Waals surface area contributed by atoms with Crippen LogP contribution in [-0.4, -0.2) is 50.6 Å². The van der Waals surface area contributed by atoms with E-state index in [9.17, 15) is 9.59 Å². The molecule has 1 amide bonds. The molecule has 0 aromatic rings. The van der Waals surface area contributed by atoms with E-state index in [1.54, 1.807) is 14.0 Å². The van der Waals surface area contributed by atoms with E-state index in [1.807, 2.05) is 11.9 Å². The largest absolute Gasteiger partial charge is 0.466 e. The van der Waals surface area contributed by atoms with Crippen LogP contribution in [0.4, 0.5) is 0 Å². The van der Waals surface area contributed by atoms with Crippen LogP contribution in [0.1, 0.15) is 19.8 Å². The Morgan fingerprint density at radius 1 is 1.40 bits per heavy atom. The topological polar surface area (TPSA) is 58.6 Å². The molecule has 1 N–H and O–H groups in total. The minimum atomic E-state index is -0.175. The summed E-state index contributed by atoms with van der Waals surface area (Å²) in [5, 5.41) is 2.54. The molecule has 0 aromatic heterocycles. The fraction of sp³-hybridized carbons (Fsp3) is 0.800. The van der Waals surface area contributed by atoms with Crippen LogP contribution in [0.3, 0.4) is 0 Å². The van der Waals surface area contributed by atoms with Gasteiger partial charge in [0.2, 0.25) is 5.91 Å². The highest BCUT2D eigenvalue weighted by Crippen LogP contribution is 1.95. The van der Waals surface area contributed by atoms with Gasteiger partial charge in [0.25, 0.3) is 0 Å². The average molecular weight is 216 g/mol. The minimum absolute atomic E-state index is 0.0198. The monoisotopic (exact) mass is 216 g/mol. The number of hydrogen-bond acceptors (Lipinski definition) is 4. The zero-order valence-electron chi connectivity index (χ0n) is 9.71. The number of nitrogens with one attached hydrogen (secondary N) is 1. The van der Waals surface area contributed by atoms with E-state index in [4.69, 9.17) is 4.74 Å². The maximum Gasteiger partial charge on any atom is 0.305 e. The Morgan fingerprint density at radius 2 is 2.07 bits per heavy atom. The molecular formula is C10H20N2O3. The van der Waals surface area contributed by atoms with Crippen molar-refractivity contribution >= 4 is 11.9 Å². The lowest BCUT2D eigenvalue weighted by atomic mass is 10.3. The van der Waals surface area contributed by atoms with E-state index in [0.29, 0.717) is 32.5 Å². The van der Waals surface area contributed by atoms with E-state index < -0.39 is 0 Å². The summed E-state index contributed by atoms with van der Waals surface area (Å²) in [4.78, 5) is 23.8. The summed E-state index contributed by atoms with van der Waals surface area (Å²) in [6.07, 6.45) is 1.12. The normalized spacial score (nSPS) is 10.1. The zero-order chi connectivity index (χ0) is 11.7. The van der Waals surface area contributed by atoms with E-state index >= 15 is 0 Å². The van der Waals surface area contributed by atoms with Gasteiger partial charge in [-0.2, -0.15) is 0 Å². The fourth-order valence-electron chi connectivity index (χ4n) is 1.13. The SMILES string of the molecule is CCOC(=O)CCCN(C)CC(=O)NC. The molecule has 0 heterocycles. The molecule has 0 aliphatic carbocycles. The van der Waals surface area contributed by atoms with Crippen molar-refractivity contribution in [2.45, 2.75) is 19.8 Å². The third kappa shape index (κ3) is 7.93. The van der Waals surface area contributed by atoms with Gasteiger partial charge in [0.1, 0.15) is 0 Å². The molecule has 0 spiro atoms. The molecular weight excluding hydrogens is 196 g/mol. The number of carbonyl (C=O) groups excluding carboxylic acids is 2. The summed E-state index contributed by atoms with van der Waals surface area (Å²) in [6.45, 7) is 3.29. The molecule has 5 nitrogen and oxygen atoms in total. The van der Waals surface area contributed by atoms with Gasteiger partial charge >= 0.3 is 5.97 Å². The van der Waals surface area contributed by atoms with Crippen molar-refractivity contribution < 1.29 is 14.3 Å². The molecule has 0 bridgehead atoms. The van der Waals surface area contributed by atoms with E-state index in [0.717, 1.165) is 0 Å². The predicted octanol–water partition coefficient (Wildman–Crippen LogP) is 0.00750. The summed E-state index contributed by atoms with van der Waals surface area (Å²) < 4.78 is 4.79. The van der Waals surface area contributed by atoms with Gasteiger partial charge in [0, 0.05) is 13.5 Å². The number of carbonyl (C=O) groups is 2. The second-order valence-corrected chi connectivity index (χ2v) is 3.32. The van der Waals surface area contributed by atoms with Crippen LogP contribution in [0, 0.1) is 0 Å². The number of ether oxygens (including phenoxy) is 1. The molecule has 0 aliphatic rings. The molecule has 0 rings (SSSR count). The van der Waals surface area contributed by atoms with Crippen molar-refractivity contribution in [3.8, 4) is 0 Å². The molecule has 0 aliphatic heterocycles. The lowest BCUT2D eigenvalue weighted by molar-refractivity contribution is -0.143.